The number of amides is 1. The van der Waals surface area contributed by atoms with E-state index in [1.165, 1.54) is 0 Å². The Bertz CT molecular complexity index is 426. The van der Waals surface area contributed by atoms with Gasteiger partial charge in [-0.15, -0.1) is 0 Å². The standard InChI is InChI=1S/C14H20N2O2/c1-10-8-12(2-3-13(10)17)16-14(18)9-11-4-6-15-7-5-11/h2-3,8,11,15,17H,4-7,9H2,1H3,(H,16,18). The van der Waals surface area contributed by atoms with Crippen LogP contribution in [-0.4, -0.2) is 24.1 Å². The molecule has 1 aromatic carbocycles. The van der Waals surface area contributed by atoms with E-state index in [2.05, 4.69) is 10.6 Å². The van der Waals surface area contributed by atoms with Crippen LogP contribution < -0.4 is 10.6 Å². The number of phenolic OH excluding ortho intramolecular Hbond substituents is 1. The number of phenols is 1. The molecular formula is C14H20N2O2. The molecule has 0 radical (unpaired) electrons. The lowest BCUT2D eigenvalue weighted by Gasteiger charge is -2.21. The first-order valence-electron chi connectivity index (χ1n) is 6.45. The van der Waals surface area contributed by atoms with Gasteiger partial charge in [-0.1, -0.05) is 0 Å². The number of benzene rings is 1. The third kappa shape index (κ3) is 3.47. The number of carbonyl (C=O) groups is 1. The first kappa shape index (κ1) is 12.9. The van der Waals surface area contributed by atoms with Crippen LogP contribution in [0.2, 0.25) is 0 Å². The number of aryl methyl sites for hydroxylation is 1. The molecular weight excluding hydrogens is 228 g/mol. The van der Waals surface area contributed by atoms with Crippen LogP contribution in [-0.2, 0) is 4.79 Å². The molecule has 98 valence electrons. The second-order valence-electron chi connectivity index (χ2n) is 4.95. The van der Waals surface area contributed by atoms with Gasteiger partial charge in [0.1, 0.15) is 5.75 Å². The van der Waals surface area contributed by atoms with Gasteiger partial charge in [-0.3, -0.25) is 4.79 Å². The zero-order chi connectivity index (χ0) is 13.0. The van der Waals surface area contributed by atoms with Gasteiger partial charge in [0.05, 0.1) is 0 Å². The third-order valence-electron chi connectivity index (χ3n) is 3.41. The Morgan fingerprint density at radius 2 is 2.17 bits per heavy atom. The molecule has 0 aliphatic carbocycles. The van der Waals surface area contributed by atoms with Crippen molar-refractivity contribution in [1.82, 2.24) is 5.32 Å². The average molecular weight is 248 g/mol. The molecule has 18 heavy (non-hydrogen) atoms. The number of hydrogen-bond donors (Lipinski definition) is 3. The summed E-state index contributed by atoms with van der Waals surface area (Å²) in [6.07, 6.45) is 2.73. The van der Waals surface area contributed by atoms with Gasteiger partial charge in [0.2, 0.25) is 5.91 Å². The van der Waals surface area contributed by atoms with E-state index < -0.39 is 0 Å². The van der Waals surface area contributed by atoms with Crippen LogP contribution in [0.25, 0.3) is 0 Å². The lowest BCUT2D eigenvalue weighted by atomic mass is 9.94. The Morgan fingerprint density at radius 3 is 2.83 bits per heavy atom. The highest BCUT2D eigenvalue weighted by Gasteiger charge is 2.16. The fourth-order valence-corrected chi connectivity index (χ4v) is 2.29. The molecule has 4 nitrogen and oxygen atoms in total. The van der Waals surface area contributed by atoms with Crippen LogP contribution in [0, 0.1) is 12.8 Å². The van der Waals surface area contributed by atoms with Crippen molar-refractivity contribution in [2.45, 2.75) is 26.2 Å². The summed E-state index contributed by atoms with van der Waals surface area (Å²) >= 11 is 0. The van der Waals surface area contributed by atoms with E-state index >= 15 is 0 Å². The maximum absolute atomic E-state index is 11.9. The summed E-state index contributed by atoms with van der Waals surface area (Å²) in [5.74, 6) is 0.808. The van der Waals surface area contributed by atoms with Crippen molar-refractivity contribution in [3.63, 3.8) is 0 Å². The molecule has 0 aromatic heterocycles. The van der Waals surface area contributed by atoms with Gasteiger partial charge in [-0.25, -0.2) is 0 Å². The molecule has 1 saturated heterocycles. The molecule has 0 unspecified atom stereocenters. The first-order chi connectivity index (χ1) is 8.65. The molecule has 1 heterocycles. The smallest absolute Gasteiger partial charge is 0.224 e. The third-order valence-corrected chi connectivity index (χ3v) is 3.41. The van der Waals surface area contributed by atoms with Crippen LogP contribution in [0.5, 0.6) is 5.75 Å². The minimum atomic E-state index is 0.0620. The molecule has 1 aromatic rings. The Labute approximate surface area is 107 Å². The van der Waals surface area contributed by atoms with Gasteiger partial charge in [0, 0.05) is 12.1 Å². The summed E-state index contributed by atoms with van der Waals surface area (Å²) < 4.78 is 0. The van der Waals surface area contributed by atoms with Crippen molar-refractivity contribution in [2.75, 3.05) is 18.4 Å². The van der Waals surface area contributed by atoms with Crippen LogP contribution in [0.15, 0.2) is 18.2 Å². The maximum Gasteiger partial charge on any atom is 0.224 e. The van der Waals surface area contributed by atoms with Crippen LogP contribution in [0.3, 0.4) is 0 Å². The Hall–Kier alpha value is -1.55. The predicted octanol–water partition coefficient (Wildman–Crippen LogP) is 2.03. The molecule has 4 heteroatoms. The van der Waals surface area contributed by atoms with Crippen LogP contribution in [0.4, 0.5) is 5.69 Å². The molecule has 0 spiro atoms. The van der Waals surface area contributed by atoms with Gasteiger partial charge in [0.25, 0.3) is 0 Å². The number of anilines is 1. The van der Waals surface area contributed by atoms with Crippen molar-refractivity contribution in [3.8, 4) is 5.75 Å². The molecule has 0 bridgehead atoms. The summed E-state index contributed by atoms with van der Waals surface area (Å²) in [5.41, 5.74) is 1.53. The van der Waals surface area contributed by atoms with E-state index in [0.717, 1.165) is 37.2 Å². The number of carbonyl (C=O) groups excluding carboxylic acids is 1. The number of nitrogens with one attached hydrogen (secondary N) is 2. The normalized spacial score (nSPS) is 16.5. The van der Waals surface area contributed by atoms with E-state index in [9.17, 15) is 9.90 Å². The van der Waals surface area contributed by atoms with Crippen molar-refractivity contribution in [3.05, 3.63) is 23.8 Å². The molecule has 1 aliphatic heterocycles. The fraction of sp³-hybridized carbons (Fsp3) is 0.500. The van der Waals surface area contributed by atoms with Crippen LogP contribution in [0.1, 0.15) is 24.8 Å². The first-order valence-corrected chi connectivity index (χ1v) is 6.45. The van der Waals surface area contributed by atoms with Crippen LogP contribution >= 0.6 is 0 Å². The lowest BCUT2D eigenvalue weighted by molar-refractivity contribution is -0.117. The molecule has 0 saturated carbocycles. The number of rotatable bonds is 3. The SMILES string of the molecule is Cc1cc(NC(=O)CC2CCNCC2)ccc1O. The Balaban J connectivity index is 1.88. The fourth-order valence-electron chi connectivity index (χ4n) is 2.29. The zero-order valence-corrected chi connectivity index (χ0v) is 10.7. The molecule has 1 amide bonds. The van der Waals surface area contributed by atoms with Gasteiger partial charge >= 0.3 is 0 Å². The Morgan fingerprint density at radius 1 is 1.44 bits per heavy atom. The quantitative estimate of drug-likeness (QED) is 0.717. The summed E-state index contributed by atoms with van der Waals surface area (Å²) in [4.78, 5) is 11.9. The molecule has 1 fully saturated rings. The minimum Gasteiger partial charge on any atom is -0.508 e. The van der Waals surface area contributed by atoms with E-state index in [4.69, 9.17) is 0 Å². The van der Waals surface area contributed by atoms with E-state index in [1.54, 1.807) is 18.2 Å². The lowest BCUT2D eigenvalue weighted by Crippen LogP contribution is -2.30. The van der Waals surface area contributed by atoms with Gasteiger partial charge < -0.3 is 15.7 Å². The summed E-state index contributed by atoms with van der Waals surface area (Å²) in [7, 11) is 0. The largest absolute Gasteiger partial charge is 0.508 e. The minimum absolute atomic E-state index is 0.0620. The van der Waals surface area contributed by atoms with Gasteiger partial charge in [-0.05, 0) is 62.5 Å². The van der Waals surface area contributed by atoms with Gasteiger partial charge in [0.15, 0.2) is 0 Å². The number of piperidine rings is 1. The summed E-state index contributed by atoms with van der Waals surface area (Å²) in [5, 5.41) is 15.6. The average Bonchev–Trinajstić information content (AvgIpc) is 2.35. The second kappa shape index (κ2) is 5.87. The molecule has 2 rings (SSSR count). The molecule has 3 N–H and O–H groups in total. The monoisotopic (exact) mass is 248 g/mol. The summed E-state index contributed by atoms with van der Waals surface area (Å²) in [6.45, 7) is 3.84. The van der Waals surface area contributed by atoms with Crippen molar-refractivity contribution >= 4 is 11.6 Å². The van der Waals surface area contributed by atoms with Gasteiger partial charge in [-0.2, -0.15) is 0 Å². The highest BCUT2D eigenvalue weighted by atomic mass is 16.3. The predicted molar refractivity (Wildman–Crippen MR) is 71.7 cm³/mol. The zero-order valence-electron chi connectivity index (χ0n) is 10.7. The Kier molecular flexibility index (Phi) is 4.20. The van der Waals surface area contributed by atoms with E-state index in [0.29, 0.717) is 12.3 Å². The maximum atomic E-state index is 11.9. The topological polar surface area (TPSA) is 61.4 Å². The van der Waals surface area contributed by atoms with E-state index in [-0.39, 0.29) is 11.7 Å². The molecule has 0 atom stereocenters. The molecule has 1 aliphatic rings. The highest BCUT2D eigenvalue weighted by Crippen LogP contribution is 2.21. The van der Waals surface area contributed by atoms with Crippen molar-refractivity contribution in [1.29, 1.82) is 0 Å². The highest BCUT2D eigenvalue weighted by molar-refractivity contribution is 5.91. The van der Waals surface area contributed by atoms with E-state index in [1.807, 2.05) is 6.92 Å². The number of aromatic hydroxyl groups is 1. The summed E-state index contributed by atoms with van der Waals surface area (Å²) in [6, 6.07) is 5.12. The van der Waals surface area contributed by atoms with Crippen molar-refractivity contribution < 1.29 is 9.90 Å². The van der Waals surface area contributed by atoms with Crippen molar-refractivity contribution in [2.24, 2.45) is 5.92 Å². The number of hydrogen-bond acceptors (Lipinski definition) is 3. The second-order valence-corrected chi connectivity index (χ2v) is 4.95.